The van der Waals surface area contributed by atoms with Crippen LogP contribution in [0, 0.1) is 0 Å². The third-order valence-corrected chi connectivity index (χ3v) is 2.24. The first-order valence-electron chi connectivity index (χ1n) is 4.79. The fourth-order valence-corrected chi connectivity index (χ4v) is 1.47. The maximum atomic E-state index is 5.49. The normalized spacial score (nSPS) is 25.6. The first-order valence-corrected chi connectivity index (χ1v) is 4.79. The van der Waals surface area contributed by atoms with E-state index in [0.717, 1.165) is 19.6 Å². The topological polar surface area (TPSA) is 21.3 Å². The van der Waals surface area contributed by atoms with Crippen LogP contribution in [0.3, 0.4) is 0 Å². The van der Waals surface area contributed by atoms with E-state index in [1.165, 1.54) is 12.8 Å². The van der Waals surface area contributed by atoms with Crippen LogP contribution in [0.15, 0.2) is 12.7 Å². The second-order valence-corrected chi connectivity index (χ2v) is 3.47. The van der Waals surface area contributed by atoms with Crippen LogP contribution in [0.2, 0.25) is 0 Å². The van der Waals surface area contributed by atoms with Crippen molar-refractivity contribution in [3.63, 3.8) is 0 Å². The third kappa shape index (κ3) is 3.37. The molecular weight excluding hydrogens is 150 g/mol. The zero-order valence-electron chi connectivity index (χ0n) is 7.88. The van der Waals surface area contributed by atoms with Gasteiger partial charge in [0, 0.05) is 19.2 Å². The van der Waals surface area contributed by atoms with E-state index in [2.05, 4.69) is 18.8 Å². The fourth-order valence-electron chi connectivity index (χ4n) is 1.47. The van der Waals surface area contributed by atoms with E-state index >= 15 is 0 Å². The van der Waals surface area contributed by atoms with E-state index in [4.69, 9.17) is 4.74 Å². The number of ether oxygens (including phenoxy) is 1. The highest BCUT2D eigenvalue weighted by Gasteiger charge is 2.15. The molecule has 12 heavy (non-hydrogen) atoms. The molecule has 1 rings (SSSR count). The molecule has 1 heterocycles. The third-order valence-electron chi connectivity index (χ3n) is 2.24. The Balaban J connectivity index is 2.03. The molecule has 0 bridgehead atoms. The highest BCUT2D eigenvalue weighted by molar-refractivity contribution is 4.76. The molecule has 1 fully saturated rings. The van der Waals surface area contributed by atoms with Crippen LogP contribution in [0.5, 0.6) is 0 Å². The van der Waals surface area contributed by atoms with Gasteiger partial charge in [-0.1, -0.05) is 6.08 Å². The predicted molar refractivity (Wildman–Crippen MR) is 51.3 cm³/mol. The molecule has 70 valence electrons. The quantitative estimate of drug-likeness (QED) is 0.633. The van der Waals surface area contributed by atoms with Crippen LogP contribution < -0.4 is 5.32 Å². The van der Waals surface area contributed by atoms with E-state index in [9.17, 15) is 0 Å². The Bertz CT molecular complexity index is 130. The summed E-state index contributed by atoms with van der Waals surface area (Å²) >= 11 is 0. The van der Waals surface area contributed by atoms with Gasteiger partial charge in [0.25, 0.3) is 0 Å². The molecule has 0 aromatic heterocycles. The summed E-state index contributed by atoms with van der Waals surface area (Å²) in [7, 11) is 0. The minimum Gasteiger partial charge on any atom is -0.377 e. The van der Waals surface area contributed by atoms with Crippen molar-refractivity contribution in [2.45, 2.75) is 38.3 Å². The molecule has 2 atom stereocenters. The van der Waals surface area contributed by atoms with Crippen molar-refractivity contribution in [1.29, 1.82) is 0 Å². The van der Waals surface area contributed by atoms with Gasteiger partial charge in [-0.2, -0.15) is 0 Å². The Morgan fingerprint density at radius 1 is 1.75 bits per heavy atom. The molecule has 2 heteroatoms. The molecule has 0 unspecified atom stereocenters. The molecule has 2 nitrogen and oxygen atoms in total. The average Bonchev–Trinajstić information content (AvgIpc) is 2.53. The zero-order chi connectivity index (χ0) is 8.81. The molecule has 1 saturated heterocycles. The van der Waals surface area contributed by atoms with Crippen molar-refractivity contribution < 1.29 is 4.74 Å². The van der Waals surface area contributed by atoms with Gasteiger partial charge in [0.2, 0.25) is 0 Å². The summed E-state index contributed by atoms with van der Waals surface area (Å²) in [4.78, 5) is 0. The molecule has 1 aliphatic rings. The van der Waals surface area contributed by atoms with Crippen LogP contribution in [0.25, 0.3) is 0 Å². The monoisotopic (exact) mass is 169 g/mol. The standard InChI is InChI=1S/C10H19NO/c1-3-5-9(2)11-8-10-6-4-7-12-10/h3,9-11H,1,4-8H2,2H3/t9-,10-/m1/s1. The first kappa shape index (κ1) is 9.75. The van der Waals surface area contributed by atoms with Gasteiger partial charge in [0.15, 0.2) is 0 Å². The average molecular weight is 169 g/mol. The molecule has 0 aromatic rings. The van der Waals surface area contributed by atoms with Crippen molar-refractivity contribution >= 4 is 0 Å². The highest BCUT2D eigenvalue weighted by atomic mass is 16.5. The van der Waals surface area contributed by atoms with E-state index in [-0.39, 0.29) is 0 Å². The lowest BCUT2D eigenvalue weighted by molar-refractivity contribution is 0.108. The molecule has 0 radical (unpaired) electrons. The predicted octanol–water partition coefficient (Wildman–Crippen LogP) is 1.72. The van der Waals surface area contributed by atoms with Crippen LogP contribution in [0.1, 0.15) is 26.2 Å². The summed E-state index contributed by atoms with van der Waals surface area (Å²) in [5, 5.41) is 3.43. The summed E-state index contributed by atoms with van der Waals surface area (Å²) in [6.07, 6.45) is 5.88. The molecule has 0 aromatic carbocycles. The summed E-state index contributed by atoms with van der Waals surface area (Å²) in [6, 6.07) is 0.534. The number of hydrogen-bond donors (Lipinski definition) is 1. The number of nitrogens with one attached hydrogen (secondary N) is 1. The molecule has 0 saturated carbocycles. The van der Waals surface area contributed by atoms with Crippen molar-refractivity contribution in [2.75, 3.05) is 13.2 Å². The second-order valence-electron chi connectivity index (χ2n) is 3.47. The van der Waals surface area contributed by atoms with Gasteiger partial charge in [0.1, 0.15) is 0 Å². The van der Waals surface area contributed by atoms with Gasteiger partial charge in [-0.25, -0.2) is 0 Å². The Morgan fingerprint density at radius 2 is 2.58 bits per heavy atom. The maximum Gasteiger partial charge on any atom is 0.0700 e. The summed E-state index contributed by atoms with van der Waals surface area (Å²) in [6.45, 7) is 7.83. The SMILES string of the molecule is C=CC[C@@H](C)NC[C@H]1CCCO1. The van der Waals surface area contributed by atoms with Gasteiger partial charge >= 0.3 is 0 Å². The van der Waals surface area contributed by atoms with Crippen LogP contribution in [0.4, 0.5) is 0 Å². The zero-order valence-corrected chi connectivity index (χ0v) is 7.88. The fraction of sp³-hybridized carbons (Fsp3) is 0.800. The van der Waals surface area contributed by atoms with Gasteiger partial charge in [-0.05, 0) is 26.2 Å². The van der Waals surface area contributed by atoms with Gasteiger partial charge < -0.3 is 10.1 Å². The minimum atomic E-state index is 0.456. The van der Waals surface area contributed by atoms with Crippen molar-refractivity contribution in [1.82, 2.24) is 5.32 Å². The van der Waals surface area contributed by atoms with Crippen LogP contribution >= 0.6 is 0 Å². The summed E-state index contributed by atoms with van der Waals surface area (Å²) < 4.78 is 5.49. The van der Waals surface area contributed by atoms with Gasteiger partial charge in [0.05, 0.1) is 6.10 Å². The molecular formula is C10H19NO. The number of hydrogen-bond acceptors (Lipinski definition) is 2. The van der Waals surface area contributed by atoms with Gasteiger partial charge in [-0.3, -0.25) is 0 Å². The van der Waals surface area contributed by atoms with Crippen molar-refractivity contribution in [2.24, 2.45) is 0 Å². The highest BCUT2D eigenvalue weighted by Crippen LogP contribution is 2.10. The maximum absolute atomic E-state index is 5.49. The van der Waals surface area contributed by atoms with Crippen molar-refractivity contribution in [3.8, 4) is 0 Å². The Labute approximate surface area is 75.0 Å². The van der Waals surface area contributed by atoms with E-state index in [1.54, 1.807) is 0 Å². The van der Waals surface area contributed by atoms with Crippen LogP contribution in [-0.4, -0.2) is 25.3 Å². The molecule has 0 aliphatic carbocycles. The molecule has 0 amide bonds. The Hall–Kier alpha value is -0.340. The first-order chi connectivity index (χ1) is 5.83. The molecule has 0 spiro atoms. The molecule has 1 aliphatic heterocycles. The smallest absolute Gasteiger partial charge is 0.0700 e. The summed E-state index contributed by atoms with van der Waals surface area (Å²) in [5.74, 6) is 0. The second kappa shape index (κ2) is 5.33. The largest absolute Gasteiger partial charge is 0.377 e. The summed E-state index contributed by atoms with van der Waals surface area (Å²) in [5.41, 5.74) is 0. The lowest BCUT2D eigenvalue weighted by Crippen LogP contribution is -2.33. The van der Waals surface area contributed by atoms with Gasteiger partial charge in [-0.15, -0.1) is 6.58 Å². The lowest BCUT2D eigenvalue weighted by atomic mass is 10.2. The van der Waals surface area contributed by atoms with Crippen molar-refractivity contribution in [3.05, 3.63) is 12.7 Å². The number of rotatable bonds is 5. The Kier molecular flexibility index (Phi) is 4.33. The minimum absolute atomic E-state index is 0.456. The molecule has 1 N–H and O–H groups in total. The Morgan fingerprint density at radius 3 is 3.17 bits per heavy atom. The van der Waals surface area contributed by atoms with E-state index < -0.39 is 0 Å². The lowest BCUT2D eigenvalue weighted by Gasteiger charge is -2.15. The van der Waals surface area contributed by atoms with Crippen LogP contribution in [-0.2, 0) is 4.74 Å². The van der Waals surface area contributed by atoms with E-state index in [0.29, 0.717) is 12.1 Å². The van der Waals surface area contributed by atoms with E-state index in [1.807, 2.05) is 6.08 Å².